The number of pyridine rings is 1. The van der Waals surface area contributed by atoms with Gasteiger partial charge in [0, 0.05) is 19.3 Å². The number of ether oxygens (including phenoxy) is 1. The zero-order chi connectivity index (χ0) is 12.3. The van der Waals surface area contributed by atoms with Crippen molar-refractivity contribution in [2.24, 2.45) is 0 Å². The fourth-order valence-electron chi connectivity index (χ4n) is 1.89. The Balaban J connectivity index is 2.01. The van der Waals surface area contributed by atoms with Gasteiger partial charge in [-0.05, 0) is 18.6 Å². The Morgan fingerprint density at radius 3 is 3.12 bits per heavy atom. The summed E-state index contributed by atoms with van der Waals surface area (Å²) < 4.78 is 5.41. The molecule has 5 heteroatoms. The average Bonchev–Trinajstić information content (AvgIpc) is 2.29. The molecule has 0 spiro atoms. The number of carboxylic acid groups (broad SMARTS) is 1. The molecule has 2 heterocycles. The predicted octanol–water partition coefficient (Wildman–Crippen LogP) is 1.07. The standard InChI is InChI=1S/C12H16N2O3/c1-9-2-3-11(13-7-9)14-4-5-17-10(8-14)6-12(15)16/h2-3,7,10H,4-6,8H2,1H3,(H,15,16). The molecule has 0 radical (unpaired) electrons. The molecular formula is C12H16N2O3. The van der Waals surface area contributed by atoms with Crippen LogP contribution in [0.15, 0.2) is 18.3 Å². The molecule has 0 saturated carbocycles. The van der Waals surface area contributed by atoms with Crippen LogP contribution in [0.4, 0.5) is 5.82 Å². The first-order chi connectivity index (χ1) is 8.15. The maximum absolute atomic E-state index is 10.6. The van der Waals surface area contributed by atoms with Crippen LogP contribution in [0.2, 0.25) is 0 Å². The van der Waals surface area contributed by atoms with Gasteiger partial charge in [-0.2, -0.15) is 0 Å². The van der Waals surface area contributed by atoms with Crippen LogP contribution in [0.25, 0.3) is 0 Å². The van der Waals surface area contributed by atoms with Crippen LogP contribution in [0.1, 0.15) is 12.0 Å². The minimum absolute atomic E-state index is 0.0440. The molecule has 1 fully saturated rings. The van der Waals surface area contributed by atoms with Crippen LogP contribution in [0, 0.1) is 6.92 Å². The van der Waals surface area contributed by atoms with Gasteiger partial charge in [-0.15, -0.1) is 0 Å². The second-order valence-corrected chi connectivity index (χ2v) is 4.23. The van der Waals surface area contributed by atoms with E-state index in [2.05, 4.69) is 9.88 Å². The lowest BCUT2D eigenvalue weighted by Crippen LogP contribution is -2.43. The molecule has 1 atom stereocenters. The topological polar surface area (TPSA) is 62.7 Å². The van der Waals surface area contributed by atoms with E-state index in [1.54, 1.807) is 0 Å². The molecule has 2 rings (SSSR count). The van der Waals surface area contributed by atoms with Crippen LogP contribution >= 0.6 is 0 Å². The lowest BCUT2D eigenvalue weighted by atomic mass is 10.2. The summed E-state index contributed by atoms with van der Waals surface area (Å²) in [5.41, 5.74) is 1.11. The number of nitrogens with zero attached hydrogens (tertiary/aromatic N) is 2. The van der Waals surface area contributed by atoms with Crippen molar-refractivity contribution >= 4 is 11.8 Å². The van der Waals surface area contributed by atoms with Crippen LogP contribution in [-0.4, -0.2) is 41.9 Å². The quantitative estimate of drug-likeness (QED) is 0.850. The summed E-state index contributed by atoms with van der Waals surface area (Å²) in [7, 11) is 0. The van der Waals surface area contributed by atoms with Crippen molar-refractivity contribution in [3.63, 3.8) is 0 Å². The van der Waals surface area contributed by atoms with E-state index in [4.69, 9.17) is 9.84 Å². The van der Waals surface area contributed by atoms with Crippen molar-refractivity contribution in [3.05, 3.63) is 23.9 Å². The minimum Gasteiger partial charge on any atom is -0.481 e. The van der Waals surface area contributed by atoms with Crippen molar-refractivity contribution in [2.45, 2.75) is 19.4 Å². The van der Waals surface area contributed by atoms with E-state index in [9.17, 15) is 4.79 Å². The number of aliphatic carboxylic acids is 1. The van der Waals surface area contributed by atoms with Gasteiger partial charge in [0.25, 0.3) is 0 Å². The number of morpholine rings is 1. The number of anilines is 1. The molecule has 1 aromatic rings. The monoisotopic (exact) mass is 236 g/mol. The van der Waals surface area contributed by atoms with E-state index >= 15 is 0 Å². The molecule has 1 saturated heterocycles. The van der Waals surface area contributed by atoms with Gasteiger partial charge in [0.2, 0.25) is 0 Å². The number of rotatable bonds is 3. The molecule has 92 valence electrons. The Hall–Kier alpha value is -1.62. The van der Waals surface area contributed by atoms with Gasteiger partial charge >= 0.3 is 5.97 Å². The first-order valence-electron chi connectivity index (χ1n) is 5.66. The Morgan fingerprint density at radius 2 is 2.47 bits per heavy atom. The number of hydrogen-bond donors (Lipinski definition) is 1. The molecule has 1 aromatic heterocycles. The number of carboxylic acids is 1. The lowest BCUT2D eigenvalue weighted by Gasteiger charge is -2.33. The Morgan fingerprint density at radius 1 is 1.65 bits per heavy atom. The first-order valence-corrected chi connectivity index (χ1v) is 5.66. The van der Waals surface area contributed by atoms with E-state index < -0.39 is 5.97 Å². The number of hydrogen-bond acceptors (Lipinski definition) is 4. The Kier molecular flexibility index (Phi) is 3.58. The van der Waals surface area contributed by atoms with Crippen molar-refractivity contribution in [3.8, 4) is 0 Å². The fourth-order valence-corrected chi connectivity index (χ4v) is 1.89. The minimum atomic E-state index is -0.825. The van der Waals surface area contributed by atoms with Crippen molar-refractivity contribution in [2.75, 3.05) is 24.6 Å². The van der Waals surface area contributed by atoms with E-state index in [-0.39, 0.29) is 12.5 Å². The van der Waals surface area contributed by atoms with E-state index in [1.165, 1.54) is 0 Å². The molecule has 1 aliphatic rings. The SMILES string of the molecule is Cc1ccc(N2CCOC(CC(=O)O)C2)nc1. The summed E-state index contributed by atoms with van der Waals surface area (Å²) in [5.74, 6) is 0.0583. The molecule has 17 heavy (non-hydrogen) atoms. The number of aryl methyl sites for hydroxylation is 1. The van der Waals surface area contributed by atoms with Crippen molar-refractivity contribution in [1.29, 1.82) is 0 Å². The zero-order valence-corrected chi connectivity index (χ0v) is 9.80. The third-order valence-corrected chi connectivity index (χ3v) is 2.76. The van der Waals surface area contributed by atoms with Crippen LogP contribution < -0.4 is 4.90 Å². The second-order valence-electron chi connectivity index (χ2n) is 4.23. The van der Waals surface area contributed by atoms with E-state index in [1.807, 2.05) is 25.3 Å². The molecular weight excluding hydrogens is 220 g/mol. The summed E-state index contributed by atoms with van der Waals surface area (Å²) in [6, 6.07) is 3.96. The summed E-state index contributed by atoms with van der Waals surface area (Å²) in [4.78, 5) is 17.0. The van der Waals surface area contributed by atoms with Gasteiger partial charge in [0.1, 0.15) is 5.82 Å². The van der Waals surface area contributed by atoms with Gasteiger partial charge in [-0.1, -0.05) is 6.07 Å². The average molecular weight is 236 g/mol. The highest BCUT2D eigenvalue weighted by Gasteiger charge is 2.23. The molecule has 1 aliphatic heterocycles. The second kappa shape index (κ2) is 5.14. The zero-order valence-electron chi connectivity index (χ0n) is 9.80. The third kappa shape index (κ3) is 3.17. The Bertz CT molecular complexity index is 391. The highest BCUT2D eigenvalue weighted by atomic mass is 16.5. The molecule has 1 unspecified atom stereocenters. The molecule has 0 amide bonds. The van der Waals surface area contributed by atoms with E-state index in [0.717, 1.165) is 17.9 Å². The lowest BCUT2D eigenvalue weighted by molar-refractivity contribution is -0.140. The molecule has 0 bridgehead atoms. The summed E-state index contributed by atoms with van der Waals surface area (Å²) in [6.45, 7) is 3.88. The normalized spacial score (nSPS) is 20.3. The third-order valence-electron chi connectivity index (χ3n) is 2.76. The summed E-state index contributed by atoms with van der Waals surface area (Å²) >= 11 is 0. The largest absolute Gasteiger partial charge is 0.481 e. The number of carbonyl (C=O) groups is 1. The van der Waals surface area contributed by atoms with E-state index in [0.29, 0.717) is 13.2 Å². The fraction of sp³-hybridized carbons (Fsp3) is 0.500. The number of aromatic nitrogens is 1. The van der Waals surface area contributed by atoms with Gasteiger partial charge in [-0.3, -0.25) is 4.79 Å². The maximum Gasteiger partial charge on any atom is 0.306 e. The summed E-state index contributed by atoms with van der Waals surface area (Å²) in [5, 5.41) is 8.74. The molecule has 1 N–H and O–H groups in total. The molecule has 0 aliphatic carbocycles. The van der Waals surface area contributed by atoms with Gasteiger partial charge in [0.15, 0.2) is 0 Å². The Labute approximate surface area is 100 Å². The highest BCUT2D eigenvalue weighted by Crippen LogP contribution is 2.16. The first kappa shape index (κ1) is 11.9. The molecule has 5 nitrogen and oxygen atoms in total. The summed E-state index contributed by atoms with van der Waals surface area (Å²) in [6.07, 6.45) is 1.61. The highest BCUT2D eigenvalue weighted by molar-refractivity contribution is 5.67. The predicted molar refractivity (Wildman–Crippen MR) is 63.2 cm³/mol. The van der Waals surface area contributed by atoms with Gasteiger partial charge in [-0.25, -0.2) is 4.98 Å². The van der Waals surface area contributed by atoms with Gasteiger partial charge < -0.3 is 14.7 Å². The van der Waals surface area contributed by atoms with Crippen molar-refractivity contribution < 1.29 is 14.6 Å². The molecule has 0 aromatic carbocycles. The van der Waals surface area contributed by atoms with Gasteiger partial charge in [0.05, 0.1) is 19.1 Å². The van der Waals surface area contributed by atoms with Crippen LogP contribution in [-0.2, 0) is 9.53 Å². The van der Waals surface area contributed by atoms with Crippen molar-refractivity contribution in [1.82, 2.24) is 4.98 Å². The van der Waals surface area contributed by atoms with Crippen LogP contribution in [0.3, 0.4) is 0 Å². The smallest absolute Gasteiger partial charge is 0.306 e. The maximum atomic E-state index is 10.6. The van der Waals surface area contributed by atoms with Crippen LogP contribution in [0.5, 0.6) is 0 Å².